The maximum Gasteiger partial charge on any atom is 0.131 e. The average Bonchev–Trinajstić information content (AvgIpc) is 3.51. The Labute approximate surface area is 334 Å². The molecule has 9 aromatic rings. The molecular weight excluding hydrogens is 689 g/mol. The van der Waals surface area contributed by atoms with Crippen LogP contribution in [0.15, 0.2) is 199 Å². The van der Waals surface area contributed by atoms with Crippen molar-refractivity contribution in [3.8, 4) is 33.4 Å². The van der Waals surface area contributed by atoms with E-state index in [0.717, 1.165) is 33.0 Å². The summed E-state index contributed by atoms with van der Waals surface area (Å²) in [5, 5.41) is 7.12. The highest BCUT2D eigenvalue weighted by atomic mass is 14.9. The lowest BCUT2D eigenvalue weighted by Gasteiger charge is -2.22. The molecule has 0 spiro atoms. The van der Waals surface area contributed by atoms with Crippen LogP contribution in [0.3, 0.4) is 0 Å². The minimum Gasteiger partial charge on any atom is -0.383 e. The maximum atomic E-state index is 7.02. The summed E-state index contributed by atoms with van der Waals surface area (Å²) in [5.41, 5.74) is 21.2. The monoisotopic (exact) mass is 730 g/mol. The molecule has 57 heavy (non-hydrogen) atoms. The largest absolute Gasteiger partial charge is 0.383 e. The molecule has 0 saturated heterocycles. The number of benzene rings is 9. The SMILES string of the molecule is CC1(C)c2cccc(-c3ccc(/C(=C/Cc4cccc(-c5ccccc5)c4)N=C(N)c4cccc5ccccc45)c4ccccc34)c2-c2c1ccc1ccccc21. The first-order chi connectivity index (χ1) is 28.0. The van der Waals surface area contributed by atoms with Crippen LogP contribution in [0.2, 0.25) is 0 Å². The molecule has 1 aliphatic carbocycles. The van der Waals surface area contributed by atoms with Crippen LogP contribution in [0, 0.1) is 0 Å². The van der Waals surface area contributed by atoms with Crippen molar-refractivity contribution in [3.63, 3.8) is 0 Å². The summed E-state index contributed by atoms with van der Waals surface area (Å²) in [4.78, 5) is 5.31. The summed E-state index contributed by atoms with van der Waals surface area (Å²) in [6, 6.07) is 67.6. The van der Waals surface area contributed by atoms with Crippen LogP contribution in [0.25, 0.3) is 71.4 Å². The van der Waals surface area contributed by atoms with Crippen LogP contribution >= 0.6 is 0 Å². The van der Waals surface area contributed by atoms with E-state index in [1.165, 1.54) is 66.2 Å². The van der Waals surface area contributed by atoms with Gasteiger partial charge in [-0.3, -0.25) is 0 Å². The lowest BCUT2D eigenvalue weighted by Crippen LogP contribution is -2.14. The number of rotatable bonds is 7. The second-order valence-corrected chi connectivity index (χ2v) is 15.7. The smallest absolute Gasteiger partial charge is 0.131 e. The van der Waals surface area contributed by atoms with Gasteiger partial charge in [-0.25, -0.2) is 4.99 Å². The molecule has 1 aliphatic rings. The highest BCUT2D eigenvalue weighted by Gasteiger charge is 2.38. The molecule has 0 atom stereocenters. The molecule has 2 N–H and O–H groups in total. The Morgan fingerprint density at radius 2 is 1.12 bits per heavy atom. The maximum absolute atomic E-state index is 7.02. The van der Waals surface area contributed by atoms with Gasteiger partial charge < -0.3 is 5.73 Å². The molecule has 0 aromatic heterocycles. The van der Waals surface area contributed by atoms with Crippen LogP contribution in [-0.4, -0.2) is 5.84 Å². The van der Waals surface area contributed by atoms with E-state index in [0.29, 0.717) is 12.3 Å². The third-order valence-electron chi connectivity index (χ3n) is 12.0. The van der Waals surface area contributed by atoms with Crippen molar-refractivity contribution in [1.29, 1.82) is 0 Å². The Balaban J connectivity index is 1.16. The Morgan fingerprint density at radius 1 is 0.491 bits per heavy atom. The van der Waals surface area contributed by atoms with E-state index in [1.807, 2.05) is 0 Å². The Kier molecular flexibility index (Phi) is 8.42. The van der Waals surface area contributed by atoms with Gasteiger partial charge in [0.2, 0.25) is 0 Å². The zero-order valence-electron chi connectivity index (χ0n) is 32.2. The third-order valence-corrected chi connectivity index (χ3v) is 12.0. The molecule has 272 valence electrons. The highest BCUT2D eigenvalue weighted by Crippen LogP contribution is 2.55. The van der Waals surface area contributed by atoms with Crippen molar-refractivity contribution in [1.82, 2.24) is 0 Å². The highest BCUT2D eigenvalue weighted by molar-refractivity contribution is 6.13. The molecule has 0 saturated carbocycles. The van der Waals surface area contributed by atoms with E-state index >= 15 is 0 Å². The molecule has 0 aliphatic heterocycles. The molecule has 9 aromatic carbocycles. The summed E-state index contributed by atoms with van der Waals surface area (Å²) in [6.07, 6.45) is 2.94. The molecule has 2 nitrogen and oxygen atoms in total. The van der Waals surface area contributed by atoms with Gasteiger partial charge in [0.05, 0.1) is 5.70 Å². The van der Waals surface area contributed by atoms with Gasteiger partial charge in [0.25, 0.3) is 0 Å². The number of aliphatic imine (C=N–C) groups is 1. The molecule has 0 unspecified atom stereocenters. The predicted octanol–water partition coefficient (Wildman–Crippen LogP) is 13.8. The predicted molar refractivity (Wildman–Crippen MR) is 243 cm³/mol. The number of amidine groups is 1. The second kappa shape index (κ2) is 13.9. The summed E-state index contributed by atoms with van der Waals surface area (Å²) < 4.78 is 0. The first kappa shape index (κ1) is 34.5. The second-order valence-electron chi connectivity index (χ2n) is 15.7. The lowest BCUT2D eigenvalue weighted by molar-refractivity contribution is 0.661. The van der Waals surface area contributed by atoms with Gasteiger partial charge in [-0.05, 0) is 88.8 Å². The fraction of sp³-hybridized carbons (Fsp3) is 0.0727. The Morgan fingerprint density at radius 3 is 1.95 bits per heavy atom. The van der Waals surface area contributed by atoms with E-state index in [1.54, 1.807) is 0 Å². The number of fused-ring (bicyclic) bond motifs is 7. The first-order valence-corrected chi connectivity index (χ1v) is 19.8. The molecule has 0 heterocycles. The fourth-order valence-corrected chi connectivity index (χ4v) is 9.11. The van der Waals surface area contributed by atoms with Crippen LogP contribution in [0.1, 0.15) is 41.7 Å². The number of allylic oxidation sites excluding steroid dienone is 1. The number of nitrogens with two attached hydrogens (primary N) is 1. The summed E-state index contributed by atoms with van der Waals surface area (Å²) in [6.45, 7) is 4.73. The number of nitrogens with zero attached hydrogens (tertiary/aromatic N) is 1. The van der Waals surface area contributed by atoms with Gasteiger partial charge in [0, 0.05) is 16.5 Å². The van der Waals surface area contributed by atoms with Crippen LogP contribution in [0.4, 0.5) is 0 Å². The van der Waals surface area contributed by atoms with Crippen molar-refractivity contribution in [3.05, 3.63) is 222 Å². The standard InChI is InChI=1S/C55H42N2/c1-55(2)49-28-14-26-47(53(49)52-42-23-9-7-19-39(42)30-33-50(52)55)45-31-32-46(44-25-11-10-24-43(44)45)51(57-54(56)48-27-13-20-38-18-6-8-22-41(38)48)34-29-36-15-12-21-40(35-36)37-16-4-3-5-17-37/h3-28,30-35H,29H2,1-2H3,(H2,56,57)/b51-34-. The van der Waals surface area contributed by atoms with Crippen molar-refractivity contribution >= 4 is 43.9 Å². The van der Waals surface area contributed by atoms with Gasteiger partial charge in [0.1, 0.15) is 5.84 Å². The van der Waals surface area contributed by atoms with Crippen molar-refractivity contribution in [2.24, 2.45) is 10.7 Å². The Bertz CT molecular complexity index is 3070. The Hall–Kier alpha value is -7.03. The molecule has 0 radical (unpaired) electrons. The summed E-state index contributed by atoms with van der Waals surface area (Å²) >= 11 is 0. The van der Waals surface area contributed by atoms with Crippen LogP contribution in [0.5, 0.6) is 0 Å². The zero-order chi connectivity index (χ0) is 38.5. The van der Waals surface area contributed by atoms with Crippen molar-refractivity contribution < 1.29 is 0 Å². The molecule has 0 amide bonds. The fourth-order valence-electron chi connectivity index (χ4n) is 9.11. The zero-order valence-corrected chi connectivity index (χ0v) is 32.2. The van der Waals surface area contributed by atoms with Crippen LogP contribution < -0.4 is 5.73 Å². The molecular formula is C55H42N2. The summed E-state index contributed by atoms with van der Waals surface area (Å²) in [7, 11) is 0. The van der Waals surface area contributed by atoms with E-state index in [9.17, 15) is 0 Å². The van der Waals surface area contributed by atoms with Gasteiger partial charge in [0.15, 0.2) is 0 Å². The molecule has 2 heteroatoms. The van der Waals surface area contributed by atoms with Crippen molar-refractivity contribution in [2.45, 2.75) is 25.7 Å². The molecule has 0 bridgehead atoms. The van der Waals surface area contributed by atoms with E-state index in [2.05, 4.69) is 208 Å². The van der Waals surface area contributed by atoms with Gasteiger partial charge in [-0.1, -0.05) is 208 Å². The first-order valence-electron chi connectivity index (χ1n) is 19.8. The topological polar surface area (TPSA) is 38.4 Å². The van der Waals surface area contributed by atoms with Gasteiger partial charge in [-0.15, -0.1) is 0 Å². The quantitative estimate of drug-likeness (QED) is 0.129. The number of hydrogen-bond acceptors (Lipinski definition) is 1. The van der Waals surface area contributed by atoms with Gasteiger partial charge >= 0.3 is 0 Å². The summed E-state index contributed by atoms with van der Waals surface area (Å²) in [5.74, 6) is 0.496. The molecule has 10 rings (SSSR count). The minimum absolute atomic E-state index is 0.123. The van der Waals surface area contributed by atoms with E-state index in [4.69, 9.17) is 10.7 Å². The molecule has 0 fully saturated rings. The number of hydrogen-bond donors (Lipinski definition) is 1. The van der Waals surface area contributed by atoms with Crippen LogP contribution in [-0.2, 0) is 11.8 Å². The average molecular weight is 731 g/mol. The van der Waals surface area contributed by atoms with E-state index < -0.39 is 0 Å². The van der Waals surface area contributed by atoms with Crippen molar-refractivity contribution in [2.75, 3.05) is 0 Å². The van der Waals surface area contributed by atoms with E-state index in [-0.39, 0.29) is 5.41 Å². The van der Waals surface area contributed by atoms with Gasteiger partial charge in [-0.2, -0.15) is 0 Å². The normalized spacial score (nSPS) is 13.6. The minimum atomic E-state index is -0.123. The lowest BCUT2D eigenvalue weighted by atomic mass is 9.81. The third kappa shape index (κ3) is 5.93.